The second kappa shape index (κ2) is 8.93. The molecule has 2 aliphatic heterocycles. The normalized spacial score (nSPS) is 20.6. The first-order chi connectivity index (χ1) is 16.1. The molecule has 0 bridgehead atoms. The number of nitrogens with zero attached hydrogens (tertiary/aromatic N) is 1. The first-order valence-corrected chi connectivity index (χ1v) is 12.0. The maximum absolute atomic E-state index is 12.4. The Balaban J connectivity index is 1.62. The quantitative estimate of drug-likeness (QED) is 0.380. The van der Waals surface area contributed by atoms with Crippen LogP contribution in [0.3, 0.4) is 0 Å². The van der Waals surface area contributed by atoms with E-state index in [-0.39, 0.29) is 36.6 Å². The van der Waals surface area contributed by atoms with E-state index in [9.17, 15) is 27.4 Å². The van der Waals surface area contributed by atoms with Gasteiger partial charge in [-0.25, -0.2) is 4.79 Å². The van der Waals surface area contributed by atoms with Crippen molar-refractivity contribution in [2.24, 2.45) is 0 Å². The van der Waals surface area contributed by atoms with E-state index in [4.69, 9.17) is 11.2 Å². The van der Waals surface area contributed by atoms with Crippen molar-refractivity contribution in [3.63, 3.8) is 0 Å². The van der Waals surface area contributed by atoms with E-state index in [2.05, 4.69) is 11.2 Å². The summed E-state index contributed by atoms with van der Waals surface area (Å²) in [5, 5.41) is 2.24. The Morgan fingerprint density at radius 2 is 1.88 bits per heavy atom. The zero-order valence-electron chi connectivity index (χ0n) is 18.3. The Labute approximate surface area is 196 Å². The summed E-state index contributed by atoms with van der Waals surface area (Å²) in [5.74, 6) is 1.57. The Morgan fingerprint density at radius 3 is 2.50 bits per heavy atom. The molecule has 10 heteroatoms. The zero-order valence-corrected chi connectivity index (χ0v) is 19.1. The molecule has 2 aromatic rings. The highest BCUT2D eigenvalue weighted by atomic mass is 32.2. The first-order valence-electron chi connectivity index (χ1n) is 10.5. The van der Waals surface area contributed by atoms with Gasteiger partial charge in [-0.1, -0.05) is 30.3 Å². The minimum Gasteiger partial charge on any atom is -0.439 e. The number of cyclic esters (lactones) is 1. The molecule has 34 heavy (non-hydrogen) atoms. The number of carbonyl (C=O) groups excluding carboxylic acids is 3. The summed E-state index contributed by atoms with van der Waals surface area (Å²) in [6, 6.07) is 9.19. The molecule has 2 heterocycles. The van der Waals surface area contributed by atoms with Gasteiger partial charge in [0, 0.05) is 12.8 Å². The smallest absolute Gasteiger partial charge is 0.411 e. The van der Waals surface area contributed by atoms with Crippen molar-refractivity contribution < 1.29 is 32.1 Å². The number of carbonyl (C=O) groups is 3. The number of piperidine rings is 1. The van der Waals surface area contributed by atoms with Crippen LogP contribution in [-0.4, -0.2) is 48.4 Å². The summed E-state index contributed by atoms with van der Waals surface area (Å²) in [5.41, 5.74) is 3.08. The third kappa shape index (κ3) is 4.40. The summed E-state index contributed by atoms with van der Waals surface area (Å²) in [4.78, 5) is 37.0. The zero-order chi connectivity index (χ0) is 24.6. The third-order valence-corrected chi connectivity index (χ3v) is 6.97. The molecular weight excluding hydrogens is 460 g/mol. The minimum atomic E-state index is -4.47. The number of imide groups is 1. The van der Waals surface area contributed by atoms with Crippen molar-refractivity contribution in [2.75, 3.05) is 6.54 Å². The molecule has 2 atom stereocenters. The molecule has 9 nitrogen and oxygen atoms in total. The molecule has 2 N–H and O–H groups in total. The van der Waals surface area contributed by atoms with Gasteiger partial charge in [-0.15, -0.1) is 12.3 Å². The molecule has 0 saturated carbocycles. The maximum atomic E-state index is 12.4. The SMILES string of the molecule is C#CCc1c(S(=O)(=O)O)ccc(C)c1-c1ccc([C@H]2CN(C3CCC(=O)NC3=O)C(=O)O2)cc1. The number of ether oxygens (including phenoxy) is 1. The molecule has 0 aliphatic carbocycles. The Kier molecular flexibility index (Phi) is 6.17. The largest absolute Gasteiger partial charge is 0.439 e. The summed E-state index contributed by atoms with van der Waals surface area (Å²) in [6.45, 7) is 1.97. The Hall–Kier alpha value is -3.68. The number of amides is 3. The first kappa shape index (κ1) is 23.5. The highest BCUT2D eigenvalue weighted by molar-refractivity contribution is 7.85. The average molecular weight is 483 g/mol. The van der Waals surface area contributed by atoms with Crippen LogP contribution in [-0.2, 0) is 30.9 Å². The number of hydrogen-bond acceptors (Lipinski definition) is 6. The van der Waals surface area contributed by atoms with Gasteiger partial charge in [0.1, 0.15) is 12.1 Å². The fourth-order valence-corrected chi connectivity index (χ4v) is 5.14. The Bertz CT molecular complexity index is 1330. The molecular formula is C24H22N2O7S. The summed E-state index contributed by atoms with van der Waals surface area (Å²) >= 11 is 0. The van der Waals surface area contributed by atoms with Crippen molar-refractivity contribution in [1.82, 2.24) is 10.2 Å². The average Bonchev–Trinajstić information content (AvgIpc) is 3.15. The topological polar surface area (TPSA) is 130 Å². The molecule has 0 radical (unpaired) electrons. The third-order valence-electron chi connectivity index (χ3n) is 6.03. The van der Waals surface area contributed by atoms with Crippen molar-refractivity contribution >= 4 is 28.0 Å². The standard InChI is InChI=1S/C24H22N2O7S/c1-3-4-17-20(34(30,31)32)11-5-14(2)22(17)16-8-6-15(7-9-16)19-13-26(24(29)33-19)18-10-12-21(27)25-23(18)28/h1,5-9,11,18-19H,4,10,12-13H2,2H3,(H,25,27,28)(H,30,31,32)/t18?,19-/m1/s1. The van der Waals surface area contributed by atoms with Crippen LogP contribution in [0.5, 0.6) is 0 Å². The Morgan fingerprint density at radius 1 is 1.18 bits per heavy atom. The molecule has 4 rings (SSSR count). The lowest BCUT2D eigenvalue weighted by Crippen LogP contribution is -2.52. The van der Waals surface area contributed by atoms with Crippen molar-refractivity contribution in [2.45, 2.75) is 43.2 Å². The second-order valence-electron chi connectivity index (χ2n) is 8.20. The van der Waals surface area contributed by atoms with Gasteiger partial charge in [0.15, 0.2) is 0 Å². The van der Waals surface area contributed by atoms with Gasteiger partial charge in [-0.2, -0.15) is 8.42 Å². The van der Waals surface area contributed by atoms with Crippen LogP contribution in [0.2, 0.25) is 0 Å². The second-order valence-corrected chi connectivity index (χ2v) is 9.59. The van der Waals surface area contributed by atoms with Crippen LogP contribution in [0, 0.1) is 19.3 Å². The molecule has 1 unspecified atom stereocenters. The van der Waals surface area contributed by atoms with Crippen LogP contribution >= 0.6 is 0 Å². The summed E-state index contributed by atoms with van der Waals surface area (Å²) in [7, 11) is -4.47. The van der Waals surface area contributed by atoms with Crippen LogP contribution in [0.1, 0.15) is 35.6 Å². The predicted molar refractivity (Wildman–Crippen MR) is 121 cm³/mol. The van der Waals surface area contributed by atoms with Gasteiger partial charge < -0.3 is 4.74 Å². The molecule has 176 valence electrons. The van der Waals surface area contributed by atoms with Crippen LogP contribution in [0.4, 0.5) is 4.79 Å². The van der Waals surface area contributed by atoms with Crippen LogP contribution in [0.25, 0.3) is 11.1 Å². The van der Waals surface area contributed by atoms with Gasteiger partial charge in [-0.05, 0) is 47.2 Å². The molecule has 3 amide bonds. The van der Waals surface area contributed by atoms with Gasteiger partial charge in [0.2, 0.25) is 11.8 Å². The molecule has 2 aliphatic rings. The van der Waals surface area contributed by atoms with Crippen molar-refractivity contribution in [3.8, 4) is 23.5 Å². The summed E-state index contributed by atoms with van der Waals surface area (Å²) < 4.78 is 38.8. The highest BCUT2D eigenvalue weighted by Gasteiger charge is 2.42. The number of terminal acetylenes is 1. The van der Waals surface area contributed by atoms with Gasteiger partial charge in [0.25, 0.3) is 10.1 Å². The van der Waals surface area contributed by atoms with E-state index in [1.54, 1.807) is 30.3 Å². The van der Waals surface area contributed by atoms with E-state index in [0.717, 1.165) is 5.56 Å². The number of rotatable bonds is 5. The van der Waals surface area contributed by atoms with Gasteiger partial charge in [0.05, 0.1) is 11.4 Å². The van der Waals surface area contributed by atoms with E-state index in [0.29, 0.717) is 22.3 Å². The number of nitrogens with one attached hydrogen (secondary N) is 1. The van der Waals surface area contributed by atoms with E-state index in [1.807, 2.05) is 6.92 Å². The minimum absolute atomic E-state index is 0.00897. The lowest BCUT2D eigenvalue weighted by Gasteiger charge is -2.27. The van der Waals surface area contributed by atoms with Gasteiger partial charge >= 0.3 is 6.09 Å². The molecule has 0 spiro atoms. The molecule has 2 aromatic carbocycles. The molecule has 0 aromatic heterocycles. The molecule has 2 fully saturated rings. The van der Waals surface area contributed by atoms with E-state index in [1.165, 1.54) is 11.0 Å². The monoisotopic (exact) mass is 482 g/mol. The van der Waals surface area contributed by atoms with Crippen LogP contribution in [0.15, 0.2) is 41.3 Å². The van der Waals surface area contributed by atoms with Gasteiger partial charge in [-0.3, -0.25) is 24.4 Å². The highest BCUT2D eigenvalue weighted by Crippen LogP contribution is 2.35. The summed E-state index contributed by atoms with van der Waals surface area (Å²) in [6.07, 6.45) is 4.62. The lowest BCUT2D eigenvalue weighted by atomic mass is 9.92. The van der Waals surface area contributed by atoms with E-state index < -0.39 is 34.3 Å². The number of hydrogen-bond donors (Lipinski definition) is 2. The number of aryl methyl sites for hydroxylation is 1. The fourth-order valence-electron chi connectivity index (χ4n) is 4.42. The number of benzene rings is 2. The lowest BCUT2D eigenvalue weighted by molar-refractivity contribution is -0.136. The molecule has 2 saturated heterocycles. The van der Waals surface area contributed by atoms with Crippen molar-refractivity contribution in [3.05, 3.63) is 53.1 Å². The van der Waals surface area contributed by atoms with Crippen molar-refractivity contribution in [1.29, 1.82) is 0 Å². The predicted octanol–water partition coefficient (Wildman–Crippen LogP) is 2.38. The fraction of sp³-hybridized carbons (Fsp3) is 0.292. The van der Waals surface area contributed by atoms with E-state index >= 15 is 0 Å². The van der Waals surface area contributed by atoms with Crippen LogP contribution < -0.4 is 5.32 Å². The maximum Gasteiger partial charge on any atom is 0.411 e.